The van der Waals surface area contributed by atoms with E-state index in [4.69, 9.17) is 10.5 Å². The molecule has 3 rings (SSSR count). The molecule has 0 spiro atoms. The van der Waals surface area contributed by atoms with E-state index in [0.717, 1.165) is 11.7 Å². The normalized spacial score (nSPS) is 28.1. The zero-order chi connectivity index (χ0) is 13.9. The summed E-state index contributed by atoms with van der Waals surface area (Å²) >= 11 is 0. The van der Waals surface area contributed by atoms with Gasteiger partial charge in [0, 0.05) is 6.04 Å². The third-order valence-electron chi connectivity index (χ3n) is 4.98. The second-order valence-electron chi connectivity index (χ2n) is 6.62. The van der Waals surface area contributed by atoms with Gasteiger partial charge in [-0.15, -0.1) is 0 Å². The Morgan fingerprint density at radius 3 is 2.85 bits per heavy atom. The van der Waals surface area contributed by atoms with Gasteiger partial charge in [-0.25, -0.2) is 0 Å². The summed E-state index contributed by atoms with van der Waals surface area (Å²) in [4.78, 5) is 0. The van der Waals surface area contributed by atoms with Crippen molar-refractivity contribution in [3.8, 4) is 5.75 Å². The highest BCUT2D eigenvalue weighted by Crippen LogP contribution is 2.38. The Labute approximate surface area is 122 Å². The van der Waals surface area contributed by atoms with Crippen molar-refractivity contribution < 1.29 is 4.74 Å². The lowest BCUT2D eigenvalue weighted by atomic mass is 9.75. The van der Waals surface area contributed by atoms with Crippen LogP contribution in [0.2, 0.25) is 0 Å². The van der Waals surface area contributed by atoms with E-state index < -0.39 is 0 Å². The van der Waals surface area contributed by atoms with Crippen molar-refractivity contribution in [3.05, 3.63) is 29.8 Å². The summed E-state index contributed by atoms with van der Waals surface area (Å²) in [6.07, 6.45) is 9.49. The monoisotopic (exact) mass is 273 g/mol. The van der Waals surface area contributed by atoms with Gasteiger partial charge in [-0.1, -0.05) is 38.3 Å². The van der Waals surface area contributed by atoms with Gasteiger partial charge in [0.05, 0.1) is 6.10 Å². The Balaban J connectivity index is 1.67. The van der Waals surface area contributed by atoms with Gasteiger partial charge in [0.25, 0.3) is 0 Å². The minimum absolute atomic E-state index is 0.173. The molecule has 1 aromatic rings. The number of ether oxygens (including phenoxy) is 1. The Hall–Kier alpha value is -1.02. The van der Waals surface area contributed by atoms with Gasteiger partial charge in [-0.05, 0) is 55.2 Å². The quantitative estimate of drug-likeness (QED) is 0.860. The number of rotatable bonds is 5. The first-order valence-corrected chi connectivity index (χ1v) is 8.28. The molecule has 3 atom stereocenters. The maximum atomic E-state index is 6.55. The lowest BCUT2D eigenvalue weighted by Gasteiger charge is -2.32. The zero-order valence-corrected chi connectivity index (χ0v) is 12.6. The lowest BCUT2D eigenvalue weighted by Crippen LogP contribution is -2.26. The van der Waals surface area contributed by atoms with Crippen molar-refractivity contribution >= 4 is 0 Å². The summed E-state index contributed by atoms with van der Waals surface area (Å²) in [5.74, 6) is 2.53. The molecule has 1 aromatic carbocycles. The van der Waals surface area contributed by atoms with Crippen LogP contribution in [0.3, 0.4) is 0 Å². The van der Waals surface area contributed by atoms with Gasteiger partial charge in [-0.3, -0.25) is 0 Å². The molecule has 0 aromatic heterocycles. The van der Waals surface area contributed by atoms with Gasteiger partial charge in [-0.2, -0.15) is 0 Å². The van der Waals surface area contributed by atoms with Gasteiger partial charge in [0.2, 0.25) is 0 Å². The van der Waals surface area contributed by atoms with Crippen LogP contribution >= 0.6 is 0 Å². The van der Waals surface area contributed by atoms with Crippen LogP contribution in [0.1, 0.15) is 63.5 Å². The summed E-state index contributed by atoms with van der Waals surface area (Å²) in [6, 6.07) is 8.66. The van der Waals surface area contributed by atoms with Crippen LogP contribution in [-0.2, 0) is 0 Å². The summed E-state index contributed by atoms with van der Waals surface area (Å²) in [5, 5.41) is 0. The smallest absolute Gasteiger partial charge is 0.120 e. The van der Waals surface area contributed by atoms with Crippen molar-refractivity contribution in [2.45, 2.75) is 64.0 Å². The van der Waals surface area contributed by atoms with Crippen LogP contribution < -0.4 is 10.5 Å². The maximum Gasteiger partial charge on any atom is 0.120 e. The topological polar surface area (TPSA) is 35.2 Å². The molecular weight excluding hydrogens is 246 g/mol. The fourth-order valence-electron chi connectivity index (χ4n) is 3.48. The van der Waals surface area contributed by atoms with Crippen molar-refractivity contribution in [2.75, 3.05) is 0 Å². The number of benzene rings is 1. The number of nitrogens with two attached hydrogens (primary N) is 1. The zero-order valence-electron chi connectivity index (χ0n) is 12.6. The summed E-state index contributed by atoms with van der Waals surface area (Å²) in [7, 11) is 0. The third kappa shape index (κ3) is 3.35. The van der Waals surface area contributed by atoms with Gasteiger partial charge >= 0.3 is 0 Å². The highest BCUT2D eigenvalue weighted by Gasteiger charge is 2.27. The molecule has 0 saturated heterocycles. The molecule has 0 bridgehead atoms. The van der Waals surface area contributed by atoms with Crippen LogP contribution in [-0.4, -0.2) is 6.10 Å². The van der Waals surface area contributed by atoms with E-state index in [-0.39, 0.29) is 6.04 Å². The van der Waals surface area contributed by atoms with Crippen molar-refractivity contribution in [2.24, 2.45) is 17.6 Å². The van der Waals surface area contributed by atoms with E-state index in [1.165, 1.54) is 50.5 Å². The molecule has 2 aliphatic carbocycles. The molecule has 110 valence electrons. The number of hydrogen-bond donors (Lipinski definition) is 1. The minimum Gasteiger partial charge on any atom is -0.490 e. The first-order valence-electron chi connectivity index (χ1n) is 8.28. The fraction of sp³-hybridized carbons (Fsp3) is 0.667. The molecule has 2 N–H and O–H groups in total. The highest BCUT2D eigenvalue weighted by molar-refractivity contribution is 5.31. The molecule has 2 saturated carbocycles. The molecule has 0 radical (unpaired) electrons. The predicted molar refractivity (Wildman–Crippen MR) is 82.8 cm³/mol. The first kappa shape index (κ1) is 13.9. The van der Waals surface area contributed by atoms with E-state index in [1.807, 2.05) is 0 Å². The molecule has 20 heavy (non-hydrogen) atoms. The molecular formula is C18H27NO. The minimum atomic E-state index is 0.173. The highest BCUT2D eigenvalue weighted by atomic mass is 16.5. The largest absolute Gasteiger partial charge is 0.490 e. The standard InChI is InChI=1S/C18H27NO/c1-2-13-5-3-6-14(11-13)18(19)15-7-4-8-17(12-15)20-16-9-10-16/h4,7-8,12-14,16,18H,2-3,5-6,9-11,19H2,1H3. The average molecular weight is 273 g/mol. The van der Waals surface area contributed by atoms with Crippen molar-refractivity contribution in [1.82, 2.24) is 0 Å². The molecule has 0 amide bonds. The average Bonchev–Trinajstić information content (AvgIpc) is 3.31. The second-order valence-corrected chi connectivity index (χ2v) is 6.62. The molecule has 2 fully saturated rings. The van der Waals surface area contributed by atoms with Gasteiger partial charge in [0.1, 0.15) is 5.75 Å². The Morgan fingerprint density at radius 2 is 2.10 bits per heavy atom. The molecule has 2 aliphatic rings. The molecule has 0 aliphatic heterocycles. The number of hydrogen-bond acceptors (Lipinski definition) is 2. The fourth-order valence-corrected chi connectivity index (χ4v) is 3.48. The molecule has 2 nitrogen and oxygen atoms in total. The second kappa shape index (κ2) is 6.17. The first-order chi connectivity index (χ1) is 9.76. The summed E-state index contributed by atoms with van der Waals surface area (Å²) in [5.41, 5.74) is 7.80. The van der Waals surface area contributed by atoms with Crippen LogP contribution in [0, 0.1) is 11.8 Å². The van der Waals surface area contributed by atoms with E-state index in [1.54, 1.807) is 0 Å². The lowest BCUT2D eigenvalue weighted by molar-refractivity contribution is 0.230. The predicted octanol–water partition coefficient (Wildman–Crippen LogP) is 4.44. The summed E-state index contributed by atoms with van der Waals surface area (Å²) < 4.78 is 5.89. The van der Waals surface area contributed by atoms with Crippen LogP contribution in [0.25, 0.3) is 0 Å². The van der Waals surface area contributed by atoms with Crippen LogP contribution in [0.4, 0.5) is 0 Å². The van der Waals surface area contributed by atoms with Crippen molar-refractivity contribution in [3.63, 3.8) is 0 Å². The van der Waals surface area contributed by atoms with Crippen LogP contribution in [0.5, 0.6) is 5.75 Å². The van der Waals surface area contributed by atoms with Gasteiger partial charge < -0.3 is 10.5 Å². The Bertz CT molecular complexity index is 441. The van der Waals surface area contributed by atoms with E-state index in [9.17, 15) is 0 Å². The Kier molecular flexibility index (Phi) is 4.30. The van der Waals surface area contributed by atoms with E-state index in [2.05, 4.69) is 31.2 Å². The third-order valence-corrected chi connectivity index (χ3v) is 4.98. The van der Waals surface area contributed by atoms with E-state index in [0.29, 0.717) is 12.0 Å². The Morgan fingerprint density at radius 1 is 1.25 bits per heavy atom. The molecule has 2 heteroatoms. The van der Waals surface area contributed by atoms with Crippen LogP contribution in [0.15, 0.2) is 24.3 Å². The summed E-state index contributed by atoms with van der Waals surface area (Å²) in [6.45, 7) is 2.31. The maximum absolute atomic E-state index is 6.55. The van der Waals surface area contributed by atoms with Gasteiger partial charge in [0.15, 0.2) is 0 Å². The SMILES string of the molecule is CCC1CCCC(C(N)c2cccc(OC3CC3)c2)C1. The molecule has 0 heterocycles. The van der Waals surface area contributed by atoms with E-state index >= 15 is 0 Å². The van der Waals surface area contributed by atoms with Crippen molar-refractivity contribution in [1.29, 1.82) is 0 Å². The molecule has 3 unspecified atom stereocenters.